The van der Waals surface area contributed by atoms with Crippen molar-refractivity contribution in [2.24, 2.45) is 5.92 Å². The maximum atomic E-state index is 13.6. The van der Waals surface area contributed by atoms with Gasteiger partial charge in [-0.25, -0.2) is 14.8 Å². The van der Waals surface area contributed by atoms with Crippen molar-refractivity contribution in [1.29, 1.82) is 0 Å². The van der Waals surface area contributed by atoms with Crippen LogP contribution in [0.1, 0.15) is 70.0 Å². The number of hydrogen-bond acceptors (Lipinski definition) is 8. The van der Waals surface area contributed by atoms with E-state index in [1.807, 2.05) is 25.1 Å². The van der Waals surface area contributed by atoms with Crippen molar-refractivity contribution >= 4 is 51.0 Å². The summed E-state index contributed by atoms with van der Waals surface area (Å²) in [4.78, 5) is 49.6. The number of rotatable bonds is 5. The number of thiazole rings is 1. The second-order valence-electron chi connectivity index (χ2n) is 11.6. The molecule has 2 N–H and O–H groups in total. The summed E-state index contributed by atoms with van der Waals surface area (Å²) in [6.07, 6.45) is 3.29. The number of ether oxygens (including phenoxy) is 2. The number of methoxy groups -OCH3 is 1. The van der Waals surface area contributed by atoms with E-state index in [1.54, 1.807) is 55.7 Å². The number of carbonyl (C=O) groups is 3. The number of aromatic nitrogens is 2. The molecule has 11 heteroatoms. The normalized spacial score (nSPS) is 21.2. The molecule has 3 amide bonds. The first-order valence-corrected chi connectivity index (χ1v) is 14.4. The first-order valence-electron chi connectivity index (χ1n) is 13.5. The van der Waals surface area contributed by atoms with Crippen molar-refractivity contribution in [1.82, 2.24) is 14.9 Å². The van der Waals surface area contributed by atoms with E-state index in [1.165, 1.54) is 6.20 Å². The van der Waals surface area contributed by atoms with E-state index < -0.39 is 23.5 Å². The van der Waals surface area contributed by atoms with Crippen molar-refractivity contribution in [3.8, 4) is 0 Å². The van der Waals surface area contributed by atoms with Gasteiger partial charge in [0.1, 0.15) is 11.4 Å². The van der Waals surface area contributed by atoms with E-state index in [2.05, 4.69) is 20.6 Å². The Labute approximate surface area is 237 Å². The number of nitrogens with one attached hydrogen (secondary N) is 2. The molecule has 5 rings (SSSR count). The third-order valence-electron chi connectivity index (χ3n) is 7.26. The molecule has 1 unspecified atom stereocenters. The number of nitrogens with zero attached hydrogens (tertiary/aromatic N) is 3. The number of fused-ring (bicyclic) bond motifs is 1. The second kappa shape index (κ2) is 11.1. The topological polar surface area (TPSA) is 123 Å². The van der Waals surface area contributed by atoms with Gasteiger partial charge in [0.25, 0.3) is 0 Å². The number of anilines is 2. The monoisotopic (exact) mass is 565 g/mol. The fourth-order valence-electron chi connectivity index (χ4n) is 5.16. The average Bonchev–Trinajstić information content (AvgIpc) is 3.64. The Kier molecular flexibility index (Phi) is 7.78. The zero-order valence-corrected chi connectivity index (χ0v) is 24.2. The number of pyridine rings is 1. The molecule has 3 aromatic rings. The van der Waals surface area contributed by atoms with Crippen LogP contribution in [-0.4, -0.2) is 58.1 Å². The molecule has 2 aromatic heterocycles. The molecule has 2 aliphatic rings. The van der Waals surface area contributed by atoms with Gasteiger partial charge in [-0.3, -0.25) is 14.9 Å². The zero-order chi connectivity index (χ0) is 28.6. The third kappa shape index (κ3) is 6.26. The van der Waals surface area contributed by atoms with Crippen LogP contribution in [0.25, 0.3) is 10.2 Å². The highest BCUT2D eigenvalue weighted by Crippen LogP contribution is 2.44. The predicted molar refractivity (Wildman–Crippen MR) is 153 cm³/mol. The van der Waals surface area contributed by atoms with Crippen molar-refractivity contribution < 1.29 is 23.9 Å². The Morgan fingerprint density at radius 3 is 2.58 bits per heavy atom. The lowest BCUT2D eigenvalue weighted by Crippen LogP contribution is -2.50. The Morgan fingerprint density at radius 1 is 1.10 bits per heavy atom. The number of carbonyl (C=O) groups excluding carboxylic acids is 3. The van der Waals surface area contributed by atoms with Crippen LogP contribution in [0, 0.1) is 5.92 Å². The lowest BCUT2D eigenvalue weighted by Gasteiger charge is -2.42. The SMILES string of the molecule is COC1C[C@@H](c2ccc3scnc3c2)N(C(=O)C(=O)Nc2cnc(NC(=O)OC(C)(C)C)c(C3CC3)c2)C[C@@H]1C. The maximum absolute atomic E-state index is 13.6. The Morgan fingerprint density at radius 2 is 1.88 bits per heavy atom. The maximum Gasteiger partial charge on any atom is 0.413 e. The minimum absolute atomic E-state index is 0.0430. The highest BCUT2D eigenvalue weighted by Gasteiger charge is 2.39. The molecule has 1 aliphatic carbocycles. The summed E-state index contributed by atoms with van der Waals surface area (Å²) in [7, 11) is 1.68. The first kappa shape index (κ1) is 28.0. The molecule has 10 nitrogen and oxygen atoms in total. The van der Waals surface area contributed by atoms with Crippen molar-refractivity contribution in [2.75, 3.05) is 24.3 Å². The van der Waals surface area contributed by atoms with Crippen molar-refractivity contribution in [3.05, 3.63) is 47.1 Å². The van der Waals surface area contributed by atoms with E-state index in [-0.39, 0.29) is 24.0 Å². The molecule has 1 saturated carbocycles. The van der Waals surface area contributed by atoms with E-state index in [4.69, 9.17) is 9.47 Å². The van der Waals surface area contributed by atoms with Gasteiger partial charge >= 0.3 is 17.9 Å². The van der Waals surface area contributed by atoms with Gasteiger partial charge in [0.05, 0.1) is 39.8 Å². The molecule has 0 radical (unpaired) electrons. The van der Waals surface area contributed by atoms with Crippen molar-refractivity contribution in [3.63, 3.8) is 0 Å². The third-order valence-corrected chi connectivity index (χ3v) is 8.07. The number of hydrogen-bond donors (Lipinski definition) is 2. The Bertz CT molecular complexity index is 1430. The quantitative estimate of drug-likeness (QED) is 0.393. The van der Waals surface area contributed by atoms with Crippen LogP contribution < -0.4 is 10.6 Å². The summed E-state index contributed by atoms with van der Waals surface area (Å²) in [6, 6.07) is 7.43. The summed E-state index contributed by atoms with van der Waals surface area (Å²) in [5, 5.41) is 5.46. The summed E-state index contributed by atoms with van der Waals surface area (Å²) in [5.74, 6) is -0.673. The van der Waals surface area contributed by atoms with Crippen LogP contribution in [0.2, 0.25) is 0 Å². The van der Waals surface area contributed by atoms with Crippen LogP contribution in [0.3, 0.4) is 0 Å². The number of benzene rings is 1. The molecule has 0 bridgehead atoms. The minimum atomic E-state index is -0.737. The second-order valence-corrected chi connectivity index (χ2v) is 12.4. The fraction of sp³-hybridized carbons (Fsp3) is 0.483. The summed E-state index contributed by atoms with van der Waals surface area (Å²) < 4.78 is 12.1. The molecule has 1 aromatic carbocycles. The van der Waals surface area contributed by atoms with Gasteiger partial charge in [-0.05, 0) is 69.7 Å². The standard InChI is InChI=1S/C29H35N5O5S/c1-16-14-34(22(12-23(16)38-5)18-8-9-24-21(10-18)31-15-40-24)27(36)26(35)32-19-11-20(17-6-7-17)25(30-13-19)33-28(37)39-29(2,3)4/h8-11,13,15-17,22-23H,6-7,12,14H2,1-5H3,(H,32,35)(H,30,33,37)/t16-,22-,23?/m0/s1. The molecule has 2 fully saturated rings. The van der Waals surface area contributed by atoms with E-state index in [0.717, 1.165) is 34.2 Å². The largest absolute Gasteiger partial charge is 0.444 e. The molecule has 1 saturated heterocycles. The van der Waals surface area contributed by atoms with Gasteiger partial charge in [-0.1, -0.05) is 13.0 Å². The van der Waals surface area contributed by atoms with Crippen LogP contribution >= 0.6 is 11.3 Å². The number of amides is 3. The van der Waals surface area contributed by atoms with Gasteiger partial charge in [-0.2, -0.15) is 0 Å². The lowest BCUT2D eigenvalue weighted by atomic mass is 9.87. The molecule has 1 aliphatic heterocycles. The Hall–Kier alpha value is -3.57. The molecule has 3 atom stereocenters. The average molecular weight is 566 g/mol. The molecular formula is C29H35N5O5S. The number of likely N-dealkylation sites (tertiary alicyclic amines) is 1. The number of piperidine rings is 1. The molecule has 0 spiro atoms. The first-order chi connectivity index (χ1) is 19.0. The molecule has 40 heavy (non-hydrogen) atoms. The molecule has 212 valence electrons. The summed E-state index contributed by atoms with van der Waals surface area (Å²) >= 11 is 1.56. The Balaban J connectivity index is 1.34. The van der Waals surface area contributed by atoms with E-state index in [0.29, 0.717) is 24.5 Å². The zero-order valence-electron chi connectivity index (χ0n) is 23.4. The lowest BCUT2D eigenvalue weighted by molar-refractivity contribution is -0.149. The van der Waals surface area contributed by atoms with Gasteiger partial charge in [-0.15, -0.1) is 11.3 Å². The van der Waals surface area contributed by atoms with E-state index >= 15 is 0 Å². The highest BCUT2D eigenvalue weighted by atomic mass is 32.1. The van der Waals surface area contributed by atoms with Crippen LogP contribution in [0.15, 0.2) is 36.0 Å². The van der Waals surface area contributed by atoms with Crippen LogP contribution in [0.4, 0.5) is 16.3 Å². The predicted octanol–water partition coefficient (Wildman–Crippen LogP) is 5.48. The smallest absolute Gasteiger partial charge is 0.413 e. The fourth-order valence-corrected chi connectivity index (χ4v) is 5.82. The van der Waals surface area contributed by atoms with Crippen LogP contribution in [-0.2, 0) is 19.1 Å². The molecule has 3 heterocycles. The van der Waals surface area contributed by atoms with Gasteiger partial charge in [0.15, 0.2) is 0 Å². The van der Waals surface area contributed by atoms with Crippen LogP contribution in [0.5, 0.6) is 0 Å². The highest BCUT2D eigenvalue weighted by molar-refractivity contribution is 7.16. The minimum Gasteiger partial charge on any atom is -0.444 e. The summed E-state index contributed by atoms with van der Waals surface area (Å²) in [5.41, 5.74) is 4.14. The van der Waals surface area contributed by atoms with Gasteiger partial charge in [0.2, 0.25) is 0 Å². The van der Waals surface area contributed by atoms with Gasteiger partial charge < -0.3 is 19.7 Å². The van der Waals surface area contributed by atoms with Gasteiger partial charge in [0, 0.05) is 25.1 Å². The van der Waals surface area contributed by atoms with Crippen molar-refractivity contribution in [2.45, 2.75) is 70.6 Å². The summed E-state index contributed by atoms with van der Waals surface area (Å²) in [6.45, 7) is 7.77. The molecular weight excluding hydrogens is 530 g/mol. The van der Waals surface area contributed by atoms with E-state index in [9.17, 15) is 14.4 Å².